The topological polar surface area (TPSA) is 78.6 Å². The van der Waals surface area contributed by atoms with Gasteiger partial charge >= 0.3 is 5.97 Å². The van der Waals surface area contributed by atoms with Crippen LogP contribution in [0.4, 0.5) is 0 Å². The molecule has 0 bridgehead atoms. The molecule has 0 spiro atoms. The number of carboxylic acids is 1. The summed E-state index contributed by atoms with van der Waals surface area (Å²) in [7, 11) is 0. The molecule has 150 valence electrons. The van der Waals surface area contributed by atoms with Gasteiger partial charge in [-0.25, -0.2) is 9.78 Å². The van der Waals surface area contributed by atoms with E-state index < -0.39 is 5.97 Å². The van der Waals surface area contributed by atoms with E-state index in [4.69, 9.17) is 0 Å². The van der Waals surface area contributed by atoms with Gasteiger partial charge in [-0.05, 0) is 48.4 Å². The Morgan fingerprint density at radius 3 is 2.59 bits per heavy atom. The number of aromatic nitrogens is 2. The average Bonchev–Trinajstić information content (AvgIpc) is 3.30. The SMILES string of the molecule is O=C(O)c1ccccc1CN1C[C@H]2C[C@@H](n3cnc4ccccc43)[C@H](O)C[C@H]2C1. The maximum Gasteiger partial charge on any atom is 0.336 e. The number of likely N-dealkylation sites (tertiary alicyclic amines) is 1. The molecule has 2 aromatic carbocycles. The van der Waals surface area contributed by atoms with Gasteiger partial charge in [0.15, 0.2) is 0 Å². The fourth-order valence-corrected chi connectivity index (χ4v) is 5.28. The van der Waals surface area contributed by atoms with Crippen molar-refractivity contribution in [2.24, 2.45) is 11.8 Å². The van der Waals surface area contributed by atoms with Crippen molar-refractivity contribution in [1.82, 2.24) is 14.5 Å². The van der Waals surface area contributed by atoms with Crippen LogP contribution in [0, 0.1) is 11.8 Å². The summed E-state index contributed by atoms with van der Waals surface area (Å²) in [4.78, 5) is 18.4. The molecule has 5 rings (SSSR count). The number of aliphatic hydroxyl groups is 1. The molecule has 2 fully saturated rings. The second-order valence-corrected chi connectivity index (χ2v) is 8.42. The first-order valence-corrected chi connectivity index (χ1v) is 10.2. The van der Waals surface area contributed by atoms with Crippen molar-refractivity contribution in [2.45, 2.75) is 31.5 Å². The highest BCUT2D eigenvalue weighted by molar-refractivity contribution is 5.89. The molecule has 0 radical (unpaired) electrons. The maximum atomic E-state index is 11.5. The zero-order chi connectivity index (χ0) is 20.0. The predicted octanol–water partition coefficient (Wildman–Crippen LogP) is 3.18. The summed E-state index contributed by atoms with van der Waals surface area (Å²) in [5.41, 5.74) is 3.27. The predicted molar refractivity (Wildman–Crippen MR) is 110 cm³/mol. The van der Waals surface area contributed by atoms with Crippen molar-refractivity contribution in [3.8, 4) is 0 Å². The van der Waals surface area contributed by atoms with E-state index >= 15 is 0 Å². The number of aliphatic hydroxyl groups excluding tert-OH is 1. The van der Waals surface area contributed by atoms with E-state index in [0.29, 0.717) is 23.9 Å². The minimum Gasteiger partial charge on any atom is -0.478 e. The highest BCUT2D eigenvalue weighted by Gasteiger charge is 2.42. The summed E-state index contributed by atoms with van der Waals surface area (Å²) < 4.78 is 2.14. The average molecular weight is 391 g/mol. The monoisotopic (exact) mass is 391 g/mol. The van der Waals surface area contributed by atoms with Crippen LogP contribution in [0.5, 0.6) is 0 Å². The van der Waals surface area contributed by atoms with Crippen LogP contribution in [0.15, 0.2) is 54.9 Å². The zero-order valence-electron chi connectivity index (χ0n) is 16.2. The van der Waals surface area contributed by atoms with Gasteiger partial charge in [-0.15, -0.1) is 0 Å². The number of carbonyl (C=O) groups is 1. The number of rotatable bonds is 4. The van der Waals surface area contributed by atoms with E-state index in [1.54, 1.807) is 12.1 Å². The summed E-state index contributed by atoms with van der Waals surface area (Å²) >= 11 is 0. The van der Waals surface area contributed by atoms with Crippen molar-refractivity contribution >= 4 is 17.0 Å². The lowest BCUT2D eigenvalue weighted by atomic mass is 9.77. The van der Waals surface area contributed by atoms with Gasteiger partial charge in [0.1, 0.15) is 0 Å². The Bertz CT molecular complexity index is 1050. The highest BCUT2D eigenvalue weighted by atomic mass is 16.4. The Balaban J connectivity index is 1.33. The second-order valence-electron chi connectivity index (χ2n) is 8.42. The van der Waals surface area contributed by atoms with Crippen molar-refractivity contribution in [3.63, 3.8) is 0 Å². The van der Waals surface area contributed by atoms with E-state index in [1.165, 1.54) is 0 Å². The summed E-state index contributed by atoms with van der Waals surface area (Å²) in [5.74, 6) is 0.0780. The number of hydrogen-bond acceptors (Lipinski definition) is 4. The number of hydrogen-bond donors (Lipinski definition) is 2. The maximum absolute atomic E-state index is 11.5. The van der Waals surface area contributed by atoms with Gasteiger partial charge < -0.3 is 14.8 Å². The molecular weight excluding hydrogens is 366 g/mol. The summed E-state index contributed by atoms with van der Waals surface area (Å²) in [6.07, 6.45) is 3.16. The Hall–Kier alpha value is -2.70. The third-order valence-electron chi connectivity index (χ3n) is 6.66. The van der Waals surface area contributed by atoms with Crippen molar-refractivity contribution in [1.29, 1.82) is 0 Å². The number of carboxylic acid groups (broad SMARTS) is 1. The van der Waals surface area contributed by atoms with E-state index in [9.17, 15) is 15.0 Å². The molecule has 1 saturated carbocycles. The first kappa shape index (κ1) is 18.3. The molecule has 0 unspecified atom stereocenters. The minimum absolute atomic E-state index is 0.0369. The Kier molecular flexibility index (Phi) is 4.60. The first-order valence-electron chi connectivity index (χ1n) is 10.2. The molecule has 0 amide bonds. The number of nitrogens with zero attached hydrogens (tertiary/aromatic N) is 3. The summed E-state index contributed by atoms with van der Waals surface area (Å²) in [6, 6.07) is 15.3. The lowest BCUT2D eigenvalue weighted by Gasteiger charge is -2.36. The standard InChI is InChI=1S/C23H25N3O3/c27-22-10-17-13-25(11-15-5-1-2-6-18(15)23(28)29)12-16(17)9-21(22)26-14-24-19-7-3-4-8-20(19)26/h1-8,14,16-17,21-22,27H,9-13H2,(H,28,29)/t16-,17+,21-,22-/m1/s1. The van der Waals surface area contributed by atoms with Gasteiger partial charge in [0, 0.05) is 19.6 Å². The third kappa shape index (κ3) is 3.32. The van der Waals surface area contributed by atoms with Crippen LogP contribution < -0.4 is 0 Å². The quantitative estimate of drug-likeness (QED) is 0.714. The molecule has 1 aliphatic heterocycles. The van der Waals surface area contributed by atoms with Crippen LogP contribution in [-0.4, -0.2) is 49.8 Å². The number of fused-ring (bicyclic) bond motifs is 2. The van der Waals surface area contributed by atoms with Gasteiger partial charge in [0.05, 0.1) is 35.1 Å². The van der Waals surface area contributed by atoms with Crippen LogP contribution in [-0.2, 0) is 6.54 Å². The molecular formula is C23H25N3O3. The number of aromatic carboxylic acids is 1. The smallest absolute Gasteiger partial charge is 0.336 e. The number of benzene rings is 2. The molecule has 6 nitrogen and oxygen atoms in total. The largest absolute Gasteiger partial charge is 0.478 e. The van der Waals surface area contributed by atoms with Crippen LogP contribution in [0.3, 0.4) is 0 Å². The van der Waals surface area contributed by atoms with Gasteiger partial charge in [0.25, 0.3) is 0 Å². The van der Waals surface area contributed by atoms with Gasteiger partial charge in [0.2, 0.25) is 0 Å². The van der Waals surface area contributed by atoms with Crippen LogP contribution in [0.2, 0.25) is 0 Å². The van der Waals surface area contributed by atoms with Crippen molar-refractivity contribution in [2.75, 3.05) is 13.1 Å². The Morgan fingerprint density at radius 2 is 1.76 bits per heavy atom. The van der Waals surface area contributed by atoms with E-state index in [0.717, 1.165) is 42.5 Å². The molecule has 6 heteroatoms. The van der Waals surface area contributed by atoms with E-state index in [1.807, 2.05) is 36.7 Å². The van der Waals surface area contributed by atoms with Crippen LogP contribution >= 0.6 is 0 Å². The molecule has 1 saturated heterocycles. The van der Waals surface area contributed by atoms with E-state index in [2.05, 4.69) is 20.5 Å². The molecule has 2 N–H and O–H groups in total. The number of imidazole rings is 1. The van der Waals surface area contributed by atoms with Gasteiger partial charge in [-0.2, -0.15) is 0 Å². The fraction of sp³-hybridized carbons (Fsp3) is 0.391. The summed E-state index contributed by atoms with van der Waals surface area (Å²) in [5, 5.41) is 20.3. The minimum atomic E-state index is -0.875. The molecule has 29 heavy (non-hydrogen) atoms. The van der Waals surface area contributed by atoms with Crippen LogP contribution in [0.25, 0.3) is 11.0 Å². The lowest BCUT2D eigenvalue weighted by molar-refractivity contribution is 0.0374. The molecule has 1 aliphatic carbocycles. The lowest BCUT2D eigenvalue weighted by Crippen LogP contribution is -2.36. The zero-order valence-corrected chi connectivity index (χ0v) is 16.2. The first-order chi connectivity index (χ1) is 14.1. The van der Waals surface area contributed by atoms with Crippen molar-refractivity contribution in [3.05, 3.63) is 66.0 Å². The normalized spacial score (nSPS) is 27.2. The molecule has 2 aliphatic rings. The Morgan fingerprint density at radius 1 is 1.03 bits per heavy atom. The van der Waals surface area contributed by atoms with Crippen molar-refractivity contribution < 1.29 is 15.0 Å². The highest BCUT2D eigenvalue weighted by Crippen LogP contribution is 2.42. The molecule has 4 atom stereocenters. The van der Waals surface area contributed by atoms with Gasteiger partial charge in [-0.3, -0.25) is 4.90 Å². The molecule has 2 heterocycles. The summed E-state index contributed by atoms with van der Waals surface area (Å²) in [6.45, 7) is 2.49. The Labute approximate surface area is 169 Å². The molecule has 1 aromatic heterocycles. The van der Waals surface area contributed by atoms with Gasteiger partial charge in [-0.1, -0.05) is 30.3 Å². The van der Waals surface area contributed by atoms with E-state index in [-0.39, 0.29) is 12.1 Å². The third-order valence-corrected chi connectivity index (χ3v) is 6.66. The molecule has 3 aromatic rings. The number of para-hydroxylation sites is 2. The van der Waals surface area contributed by atoms with Crippen LogP contribution in [0.1, 0.15) is 34.8 Å². The fourth-order valence-electron chi connectivity index (χ4n) is 5.28. The second kappa shape index (κ2) is 7.28.